The van der Waals surface area contributed by atoms with Gasteiger partial charge >= 0.3 is 0 Å². The average molecular weight is 182 g/mol. The molecule has 0 N–H and O–H groups in total. The lowest BCUT2D eigenvalue weighted by molar-refractivity contribution is 0.126. The number of ether oxygens (including phenoxy) is 1. The third-order valence-electron chi connectivity index (χ3n) is 2.00. The van der Waals surface area contributed by atoms with E-state index in [9.17, 15) is 0 Å². The third kappa shape index (κ3) is 11.5. The van der Waals surface area contributed by atoms with Gasteiger partial charge in [0.15, 0.2) is 0 Å². The van der Waals surface area contributed by atoms with E-state index in [-0.39, 0.29) is 0 Å². The zero-order chi connectivity index (χ0) is 9.78. The van der Waals surface area contributed by atoms with Crippen LogP contribution in [-0.4, -0.2) is 13.2 Å². The van der Waals surface area contributed by atoms with Crippen LogP contribution in [0.5, 0.6) is 0 Å². The van der Waals surface area contributed by atoms with Crippen LogP contribution in [-0.2, 0) is 4.74 Å². The number of terminal acetylenes is 1. The number of hydrogen-bond acceptors (Lipinski definition) is 1. The molecule has 0 atom stereocenters. The van der Waals surface area contributed by atoms with Gasteiger partial charge in [-0.25, -0.2) is 0 Å². The summed E-state index contributed by atoms with van der Waals surface area (Å²) in [6, 6.07) is 0. The highest BCUT2D eigenvalue weighted by Crippen LogP contribution is 2.00. The minimum atomic E-state index is 0.883. The van der Waals surface area contributed by atoms with Gasteiger partial charge in [-0.1, -0.05) is 26.2 Å². The lowest BCUT2D eigenvalue weighted by atomic mass is 10.2. The lowest BCUT2D eigenvalue weighted by Crippen LogP contribution is -1.96. The van der Waals surface area contributed by atoms with Gasteiger partial charge in [-0.05, 0) is 19.3 Å². The van der Waals surface area contributed by atoms with E-state index in [2.05, 4.69) is 12.8 Å². The maximum Gasteiger partial charge on any atom is 0.0466 e. The van der Waals surface area contributed by atoms with Crippen LogP contribution >= 0.6 is 0 Å². The van der Waals surface area contributed by atoms with Gasteiger partial charge in [0.2, 0.25) is 0 Å². The van der Waals surface area contributed by atoms with E-state index in [1.54, 1.807) is 0 Å². The van der Waals surface area contributed by atoms with Crippen molar-refractivity contribution in [3.63, 3.8) is 0 Å². The first-order valence-corrected chi connectivity index (χ1v) is 5.43. The third-order valence-corrected chi connectivity index (χ3v) is 2.00. The van der Waals surface area contributed by atoms with E-state index in [4.69, 9.17) is 11.2 Å². The highest BCUT2D eigenvalue weighted by atomic mass is 16.5. The maximum atomic E-state index is 5.46. The number of rotatable bonds is 9. The first-order valence-electron chi connectivity index (χ1n) is 5.43. The minimum absolute atomic E-state index is 0.883. The monoisotopic (exact) mass is 182 g/mol. The Morgan fingerprint density at radius 1 is 1.00 bits per heavy atom. The molecule has 0 rings (SSSR count). The summed E-state index contributed by atoms with van der Waals surface area (Å²) in [6.45, 7) is 4.03. The standard InChI is InChI=1S/C12H22O/c1-3-5-7-9-11-13-12-10-8-6-4-2/h1H,4-12H2,2H3. The van der Waals surface area contributed by atoms with Crippen LogP contribution in [0.1, 0.15) is 51.9 Å². The molecular weight excluding hydrogens is 160 g/mol. The van der Waals surface area contributed by atoms with E-state index >= 15 is 0 Å². The largest absolute Gasteiger partial charge is 0.381 e. The molecule has 76 valence electrons. The molecular formula is C12H22O. The molecule has 0 amide bonds. The van der Waals surface area contributed by atoms with Gasteiger partial charge in [-0.15, -0.1) is 12.3 Å². The molecule has 0 aromatic heterocycles. The van der Waals surface area contributed by atoms with Crippen molar-refractivity contribution in [3.8, 4) is 12.3 Å². The van der Waals surface area contributed by atoms with Crippen molar-refractivity contribution in [1.29, 1.82) is 0 Å². The second-order valence-corrected chi connectivity index (χ2v) is 3.33. The van der Waals surface area contributed by atoms with Gasteiger partial charge < -0.3 is 4.74 Å². The molecule has 0 heterocycles. The normalized spacial score (nSPS) is 9.85. The van der Waals surface area contributed by atoms with Crippen LogP contribution in [0.25, 0.3) is 0 Å². The Bertz CT molecular complexity index is 124. The smallest absolute Gasteiger partial charge is 0.0466 e. The van der Waals surface area contributed by atoms with Crippen LogP contribution in [0.3, 0.4) is 0 Å². The van der Waals surface area contributed by atoms with E-state index in [0.717, 1.165) is 32.5 Å². The zero-order valence-corrected chi connectivity index (χ0v) is 8.85. The fraction of sp³-hybridized carbons (Fsp3) is 0.833. The molecule has 0 spiro atoms. The second kappa shape index (κ2) is 11.5. The Kier molecular flexibility index (Phi) is 11.1. The topological polar surface area (TPSA) is 9.23 Å². The molecule has 13 heavy (non-hydrogen) atoms. The Labute approximate surface area is 82.9 Å². The van der Waals surface area contributed by atoms with Gasteiger partial charge in [0.05, 0.1) is 0 Å². The highest BCUT2D eigenvalue weighted by molar-refractivity contribution is 4.82. The van der Waals surface area contributed by atoms with Gasteiger partial charge in [-0.3, -0.25) is 0 Å². The predicted molar refractivity (Wildman–Crippen MR) is 57.6 cm³/mol. The van der Waals surface area contributed by atoms with Crippen LogP contribution in [0.15, 0.2) is 0 Å². The fourth-order valence-corrected chi connectivity index (χ4v) is 1.16. The summed E-state index contributed by atoms with van der Waals surface area (Å²) in [6.07, 6.45) is 13.4. The first-order chi connectivity index (χ1) is 6.41. The van der Waals surface area contributed by atoms with Gasteiger partial charge in [-0.2, -0.15) is 0 Å². The summed E-state index contributed by atoms with van der Waals surface area (Å²) in [5, 5.41) is 0. The quantitative estimate of drug-likeness (QED) is 0.392. The Morgan fingerprint density at radius 2 is 1.69 bits per heavy atom. The van der Waals surface area contributed by atoms with Crippen LogP contribution < -0.4 is 0 Å². The molecule has 0 aliphatic rings. The van der Waals surface area contributed by atoms with Gasteiger partial charge in [0.1, 0.15) is 0 Å². The minimum Gasteiger partial charge on any atom is -0.381 e. The SMILES string of the molecule is C#CCCCCOCCCCCC. The van der Waals surface area contributed by atoms with Crippen LogP contribution in [0.4, 0.5) is 0 Å². The Hall–Kier alpha value is -0.480. The molecule has 0 aliphatic carbocycles. The predicted octanol–water partition coefficient (Wildman–Crippen LogP) is 3.39. The molecule has 0 aromatic rings. The van der Waals surface area contributed by atoms with E-state index in [1.165, 1.54) is 25.7 Å². The Morgan fingerprint density at radius 3 is 2.31 bits per heavy atom. The fourth-order valence-electron chi connectivity index (χ4n) is 1.16. The molecule has 0 saturated carbocycles. The van der Waals surface area contributed by atoms with E-state index in [1.807, 2.05) is 0 Å². The van der Waals surface area contributed by atoms with Crippen molar-refractivity contribution >= 4 is 0 Å². The summed E-state index contributed by atoms with van der Waals surface area (Å²) in [5.41, 5.74) is 0. The van der Waals surface area contributed by atoms with Crippen LogP contribution in [0.2, 0.25) is 0 Å². The summed E-state index contributed by atoms with van der Waals surface area (Å²) in [5.74, 6) is 2.63. The highest BCUT2D eigenvalue weighted by Gasteiger charge is 1.89. The van der Waals surface area contributed by atoms with Gasteiger partial charge in [0.25, 0.3) is 0 Å². The molecule has 0 aromatic carbocycles. The van der Waals surface area contributed by atoms with E-state index in [0.29, 0.717) is 0 Å². The molecule has 0 saturated heterocycles. The average Bonchev–Trinajstić information content (AvgIpc) is 2.16. The van der Waals surface area contributed by atoms with E-state index < -0.39 is 0 Å². The first kappa shape index (κ1) is 12.5. The summed E-state index contributed by atoms with van der Waals surface area (Å²) in [7, 11) is 0. The van der Waals surface area contributed by atoms with Crippen molar-refractivity contribution in [2.75, 3.05) is 13.2 Å². The molecule has 0 fully saturated rings. The zero-order valence-electron chi connectivity index (χ0n) is 8.85. The summed E-state index contributed by atoms with van der Waals surface area (Å²) < 4.78 is 5.46. The Balaban J connectivity index is 2.80. The van der Waals surface area contributed by atoms with Crippen molar-refractivity contribution < 1.29 is 4.74 Å². The molecule has 1 nitrogen and oxygen atoms in total. The van der Waals surface area contributed by atoms with Crippen LogP contribution in [0, 0.1) is 12.3 Å². The van der Waals surface area contributed by atoms with Crippen molar-refractivity contribution in [2.24, 2.45) is 0 Å². The molecule has 1 heteroatoms. The molecule has 0 unspecified atom stereocenters. The summed E-state index contributed by atoms with van der Waals surface area (Å²) >= 11 is 0. The summed E-state index contributed by atoms with van der Waals surface area (Å²) in [4.78, 5) is 0. The van der Waals surface area contributed by atoms with Gasteiger partial charge in [0, 0.05) is 19.6 Å². The number of unbranched alkanes of at least 4 members (excludes halogenated alkanes) is 5. The second-order valence-electron chi connectivity index (χ2n) is 3.33. The van der Waals surface area contributed by atoms with Crippen molar-refractivity contribution in [3.05, 3.63) is 0 Å². The number of hydrogen-bond donors (Lipinski definition) is 0. The molecule has 0 bridgehead atoms. The van der Waals surface area contributed by atoms with Crippen molar-refractivity contribution in [1.82, 2.24) is 0 Å². The molecule has 0 aliphatic heterocycles. The van der Waals surface area contributed by atoms with Crippen molar-refractivity contribution in [2.45, 2.75) is 51.9 Å². The molecule has 0 radical (unpaired) electrons. The lowest BCUT2D eigenvalue weighted by Gasteiger charge is -2.02. The maximum absolute atomic E-state index is 5.46.